The number of aromatic hydroxyl groups is 1. The zero-order valence-corrected chi connectivity index (χ0v) is 15.6. The lowest BCUT2D eigenvalue weighted by molar-refractivity contribution is 0.101. The molecule has 8 heteroatoms. The van der Waals surface area contributed by atoms with Crippen LogP contribution >= 0.6 is 11.3 Å². The van der Waals surface area contributed by atoms with Crippen molar-refractivity contribution in [3.8, 4) is 17.2 Å². The van der Waals surface area contributed by atoms with Gasteiger partial charge in [-0.25, -0.2) is 9.97 Å². The summed E-state index contributed by atoms with van der Waals surface area (Å²) >= 11 is 1.34. The standard InChI is InChI=1S/C19H19N3O4S/c1-25-14-8-9-20-16(17(14)23)18(24)22-19-21-13-7-6-12(10-15(13)27-19)26-11-4-2-3-5-11/h6-11,23H,2-5H2,1H3,(H,21,22,24). The molecule has 0 radical (unpaired) electrons. The highest BCUT2D eigenvalue weighted by molar-refractivity contribution is 7.22. The van der Waals surface area contributed by atoms with Crippen molar-refractivity contribution in [3.63, 3.8) is 0 Å². The normalized spacial score (nSPS) is 14.4. The molecule has 0 saturated heterocycles. The number of ether oxygens (including phenoxy) is 2. The van der Waals surface area contributed by atoms with Gasteiger partial charge in [0.25, 0.3) is 5.91 Å². The summed E-state index contributed by atoms with van der Waals surface area (Å²) in [6, 6.07) is 7.21. The minimum Gasteiger partial charge on any atom is -0.503 e. The van der Waals surface area contributed by atoms with Gasteiger partial charge in [0.2, 0.25) is 0 Å². The molecule has 3 aromatic rings. The molecule has 1 fully saturated rings. The molecule has 7 nitrogen and oxygen atoms in total. The number of nitrogens with one attached hydrogen (secondary N) is 1. The fourth-order valence-electron chi connectivity index (χ4n) is 3.15. The first-order valence-corrected chi connectivity index (χ1v) is 9.56. The number of amides is 1. The molecule has 0 atom stereocenters. The number of nitrogens with zero attached hydrogens (tertiary/aromatic N) is 2. The molecule has 1 aliphatic rings. The van der Waals surface area contributed by atoms with Crippen molar-refractivity contribution in [1.29, 1.82) is 0 Å². The molecule has 1 aliphatic carbocycles. The minimum atomic E-state index is -0.548. The van der Waals surface area contributed by atoms with Crippen molar-refractivity contribution in [2.75, 3.05) is 12.4 Å². The summed E-state index contributed by atoms with van der Waals surface area (Å²) in [6.45, 7) is 0. The zero-order chi connectivity index (χ0) is 18.8. The van der Waals surface area contributed by atoms with E-state index in [-0.39, 0.29) is 23.3 Å². The Bertz CT molecular complexity index is 982. The Morgan fingerprint density at radius 2 is 2.11 bits per heavy atom. The predicted octanol–water partition coefficient (Wildman–Crippen LogP) is 3.98. The number of hydrogen-bond acceptors (Lipinski definition) is 7. The first kappa shape index (κ1) is 17.5. The van der Waals surface area contributed by atoms with Gasteiger partial charge in [-0.05, 0) is 43.9 Å². The van der Waals surface area contributed by atoms with E-state index in [1.165, 1.54) is 43.6 Å². The third-order valence-corrected chi connectivity index (χ3v) is 5.44. The Hall–Kier alpha value is -2.87. The van der Waals surface area contributed by atoms with Crippen molar-refractivity contribution >= 4 is 32.6 Å². The highest BCUT2D eigenvalue weighted by Crippen LogP contribution is 2.32. The van der Waals surface area contributed by atoms with Crippen molar-refractivity contribution in [1.82, 2.24) is 9.97 Å². The SMILES string of the molecule is COc1ccnc(C(=O)Nc2nc3ccc(OC4CCCC4)cc3s2)c1O. The number of methoxy groups -OCH3 is 1. The minimum absolute atomic E-state index is 0.112. The number of carbonyl (C=O) groups is 1. The smallest absolute Gasteiger partial charge is 0.280 e. The second-order valence-electron chi connectivity index (χ2n) is 6.34. The summed E-state index contributed by atoms with van der Waals surface area (Å²) in [6.07, 6.45) is 6.32. The van der Waals surface area contributed by atoms with E-state index in [1.54, 1.807) is 0 Å². The molecule has 0 bridgehead atoms. The van der Waals surface area contributed by atoms with Crippen LogP contribution in [0.2, 0.25) is 0 Å². The summed E-state index contributed by atoms with van der Waals surface area (Å²) in [5.41, 5.74) is 0.663. The monoisotopic (exact) mass is 385 g/mol. The van der Waals surface area contributed by atoms with Crippen LogP contribution in [0.4, 0.5) is 5.13 Å². The van der Waals surface area contributed by atoms with Crippen LogP contribution in [-0.4, -0.2) is 34.2 Å². The van der Waals surface area contributed by atoms with Crippen molar-refractivity contribution in [2.45, 2.75) is 31.8 Å². The molecule has 2 N–H and O–H groups in total. The molecule has 2 aromatic heterocycles. The Labute approximate surface area is 160 Å². The van der Waals surface area contributed by atoms with Gasteiger partial charge < -0.3 is 14.6 Å². The van der Waals surface area contributed by atoms with Crippen molar-refractivity contribution in [2.24, 2.45) is 0 Å². The summed E-state index contributed by atoms with van der Waals surface area (Å²) < 4.78 is 11.9. The Kier molecular flexibility index (Phi) is 4.81. The van der Waals surface area contributed by atoms with Crippen LogP contribution in [0.3, 0.4) is 0 Å². The molecule has 1 aromatic carbocycles. The van der Waals surface area contributed by atoms with E-state index in [9.17, 15) is 9.90 Å². The first-order valence-electron chi connectivity index (χ1n) is 8.74. The summed E-state index contributed by atoms with van der Waals surface area (Å²) in [5.74, 6) is 0.162. The van der Waals surface area contributed by atoms with Gasteiger partial charge in [-0.1, -0.05) is 11.3 Å². The molecule has 1 amide bonds. The van der Waals surface area contributed by atoms with Crippen molar-refractivity contribution in [3.05, 3.63) is 36.2 Å². The van der Waals surface area contributed by atoms with Gasteiger partial charge in [-0.2, -0.15) is 0 Å². The van der Waals surface area contributed by atoms with Gasteiger partial charge in [0.1, 0.15) is 5.75 Å². The van der Waals surface area contributed by atoms with Gasteiger partial charge >= 0.3 is 0 Å². The molecular formula is C19H19N3O4S. The van der Waals surface area contributed by atoms with Gasteiger partial charge in [0.05, 0.1) is 23.4 Å². The molecule has 0 spiro atoms. The van der Waals surface area contributed by atoms with Crippen LogP contribution in [0, 0.1) is 0 Å². The van der Waals surface area contributed by atoms with E-state index in [4.69, 9.17) is 9.47 Å². The van der Waals surface area contributed by atoms with Crippen LogP contribution < -0.4 is 14.8 Å². The quantitative estimate of drug-likeness (QED) is 0.690. The number of thiazole rings is 1. The number of pyridine rings is 1. The lowest BCUT2D eigenvalue weighted by atomic mass is 10.3. The number of anilines is 1. The average molecular weight is 385 g/mol. The molecule has 0 unspecified atom stereocenters. The number of aromatic nitrogens is 2. The van der Waals surface area contributed by atoms with E-state index < -0.39 is 5.91 Å². The van der Waals surface area contributed by atoms with E-state index in [0.717, 1.165) is 28.8 Å². The summed E-state index contributed by atoms with van der Waals surface area (Å²) in [4.78, 5) is 20.8. The van der Waals surface area contributed by atoms with Gasteiger partial charge in [0, 0.05) is 12.3 Å². The summed E-state index contributed by atoms with van der Waals surface area (Å²) in [5, 5.41) is 13.2. The molecule has 27 heavy (non-hydrogen) atoms. The van der Waals surface area contributed by atoms with Gasteiger partial charge in [0.15, 0.2) is 22.3 Å². The van der Waals surface area contributed by atoms with Crippen LogP contribution in [0.15, 0.2) is 30.5 Å². The third-order valence-electron chi connectivity index (χ3n) is 4.51. The number of fused-ring (bicyclic) bond motifs is 1. The highest BCUT2D eigenvalue weighted by atomic mass is 32.1. The maximum absolute atomic E-state index is 12.4. The topological polar surface area (TPSA) is 93.6 Å². The average Bonchev–Trinajstić information content (AvgIpc) is 3.30. The second-order valence-corrected chi connectivity index (χ2v) is 7.37. The number of benzene rings is 1. The van der Waals surface area contributed by atoms with Crippen LogP contribution in [0.5, 0.6) is 17.2 Å². The number of hydrogen-bond donors (Lipinski definition) is 2. The second kappa shape index (κ2) is 7.40. The van der Waals surface area contributed by atoms with Gasteiger partial charge in [-0.15, -0.1) is 0 Å². The molecule has 4 rings (SSSR count). The lowest BCUT2D eigenvalue weighted by Crippen LogP contribution is -2.13. The van der Waals surface area contributed by atoms with E-state index >= 15 is 0 Å². The maximum atomic E-state index is 12.4. The van der Waals surface area contributed by atoms with Gasteiger partial charge in [-0.3, -0.25) is 10.1 Å². The molecule has 140 valence electrons. The van der Waals surface area contributed by atoms with Crippen LogP contribution in [0.25, 0.3) is 10.2 Å². The Balaban J connectivity index is 1.53. The fourth-order valence-corrected chi connectivity index (χ4v) is 4.04. The van der Waals surface area contributed by atoms with Crippen molar-refractivity contribution < 1.29 is 19.4 Å². The highest BCUT2D eigenvalue weighted by Gasteiger charge is 2.19. The largest absolute Gasteiger partial charge is 0.503 e. The fraction of sp³-hybridized carbons (Fsp3) is 0.316. The molecule has 1 saturated carbocycles. The Morgan fingerprint density at radius 1 is 1.30 bits per heavy atom. The number of rotatable bonds is 5. The summed E-state index contributed by atoms with van der Waals surface area (Å²) in [7, 11) is 1.41. The first-order chi connectivity index (χ1) is 13.1. The lowest BCUT2D eigenvalue weighted by Gasteiger charge is -2.12. The predicted molar refractivity (Wildman–Crippen MR) is 103 cm³/mol. The van der Waals surface area contributed by atoms with E-state index in [2.05, 4.69) is 15.3 Å². The van der Waals surface area contributed by atoms with E-state index in [0.29, 0.717) is 5.13 Å². The Morgan fingerprint density at radius 3 is 2.89 bits per heavy atom. The zero-order valence-electron chi connectivity index (χ0n) is 14.8. The van der Waals surface area contributed by atoms with Crippen LogP contribution in [0.1, 0.15) is 36.2 Å². The third kappa shape index (κ3) is 3.66. The molecule has 2 heterocycles. The maximum Gasteiger partial charge on any atom is 0.280 e. The molecule has 0 aliphatic heterocycles. The van der Waals surface area contributed by atoms with E-state index in [1.807, 2.05) is 18.2 Å². The number of carbonyl (C=O) groups excluding carboxylic acids is 1. The molecular weight excluding hydrogens is 366 g/mol. The van der Waals surface area contributed by atoms with Crippen LogP contribution in [-0.2, 0) is 0 Å².